The van der Waals surface area contributed by atoms with Crippen molar-refractivity contribution < 1.29 is 4.74 Å². The quantitative estimate of drug-likeness (QED) is 0.592. The highest BCUT2D eigenvalue weighted by Gasteiger charge is 2.31. The molecule has 2 aromatic carbocycles. The molecule has 0 fully saturated rings. The van der Waals surface area contributed by atoms with Crippen LogP contribution in [0, 0.1) is 0 Å². The first-order valence-corrected chi connectivity index (χ1v) is 7.80. The van der Waals surface area contributed by atoms with Crippen LogP contribution in [0.1, 0.15) is 0 Å². The first-order valence-electron chi connectivity index (χ1n) is 5.50. The van der Waals surface area contributed by atoms with Crippen LogP contribution in [0.4, 0.5) is 0 Å². The lowest BCUT2D eigenvalue weighted by molar-refractivity contribution is 0.415. The number of benzene rings is 2. The zero-order valence-electron chi connectivity index (χ0n) is 10.1. The molecule has 84 valence electrons. The van der Waals surface area contributed by atoms with Gasteiger partial charge in [-0.25, -0.2) is 0 Å². The van der Waals surface area contributed by atoms with E-state index in [0.717, 1.165) is 5.75 Å². The Labute approximate surface area is 105 Å². The minimum atomic E-state index is -1.73. The summed E-state index contributed by atoms with van der Waals surface area (Å²) in [7, 11) is 6.46. The van der Waals surface area contributed by atoms with Crippen molar-refractivity contribution in [2.75, 3.05) is 13.8 Å². The van der Waals surface area contributed by atoms with Gasteiger partial charge in [-0.3, -0.25) is 0 Å². The van der Waals surface area contributed by atoms with E-state index in [-0.39, 0.29) is 0 Å². The molecule has 17 heavy (non-hydrogen) atoms. The Hall–Kier alpha value is -1.27. The maximum Gasteiger partial charge on any atom is 0.377 e. The van der Waals surface area contributed by atoms with Crippen LogP contribution in [0.15, 0.2) is 54.6 Å². The van der Waals surface area contributed by atoms with Crippen molar-refractivity contribution >= 4 is 25.3 Å². The average molecular weight is 241 g/mol. The van der Waals surface area contributed by atoms with E-state index in [1.54, 1.807) is 7.11 Å². The van der Waals surface area contributed by atoms with Gasteiger partial charge in [0.2, 0.25) is 0 Å². The largest absolute Gasteiger partial charge is 0.497 e. The highest BCUT2D eigenvalue weighted by molar-refractivity contribution is 8.08. The minimum absolute atomic E-state index is 0.863. The monoisotopic (exact) mass is 241 g/mol. The first kappa shape index (κ1) is 12.2. The second-order valence-corrected chi connectivity index (χ2v) is 7.29. The van der Waals surface area contributed by atoms with E-state index in [1.807, 2.05) is 30.3 Å². The minimum Gasteiger partial charge on any atom is -0.497 e. The Kier molecular flexibility index (Phi) is 3.54. The van der Waals surface area contributed by atoms with Crippen molar-refractivity contribution in [1.29, 1.82) is 0 Å². The van der Waals surface area contributed by atoms with Gasteiger partial charge < -0.3 is 4.74 Å². The van der Waals surface area contributed by atoms with Crippen LogP contribution in [0.25, 0.3) is 0 Å². The van der Waals surface area contributed by atoms with Crippen molar-refractivity contribution in [1.82, 2.24) is 0 Å². The van der Waals surface area contributed by atoms with Gasteiger partial charge in [-0.15, -0.1) is 0 Å². The molecular formula is C14H15BOP+. The maximum absolute atomic E-state index is 6.52. The second kappa shape index (κ2) is 4.93. The standard InChI is InChI=1S/C14H15BOP/c1-16-12-8-10-14(11-9-12)17(2,15)13-6-4-3-5-7-13/h3-11H,1-2H3/q+1. The fourth-order valence-corrected chi connectivity index (χ4v) is 3.64. The Morgan fingerprint density at radius 2 is 1.41 bits per heavy atom. The number of ether oxygens (including phenoxy) is 1. The Balaban J connectivity index is 2.37. The number of rotatable bonds is 3. The molecule has 0 saturated carbocycles. The molecule has 1 unspecified atom stereocenters. The molecule has 2 radical (unpaired) electrons. The van der Waals surface area contributed by atoms with E-state index in [9.17, 15) is 0 Å². The third kappa shape index (κ3) is 2.53. The molecule has 0 aliphatic rings. The smallest absolute Gasteiger partial charge is 0.377 e. The van der Waals surface area contributed by atoms with Gasteiger partial charge in [0.25, 0.3) is 0 Å². The summed E-state index contributed by atoms with van der Waals surface area (Å²) in [5.41, 5.74) is 0. The Morgan fingerprint density at radius 3 is 1.94 bits per heavy atom. The number of hydrogen-bond acceptors (Lipinski definition) is 1. The average Bonchev–Trinajstić information content (AvgIpc) is 2.40. The summed E-state index contributed by atoms with van der Waals surface area (Å²) < 4.78 is 5.16. The van der Waals surface area contributed by atoms with Gasteiger partial charge in [0.15, 0.2) is 0 Å². The molecule has 0 saturated heterocycles. The van der Waals surface area contributed by atoms with Crippen molar-refractivity contribution in [2.45, 2.75) is 0 Å². The molecule has 0 spiro atoms. The zero-order chi connectivity index (χ0) is 12.3. The van der Waals surface area contributed by atoms with E-state index in [1.165, 1.54) is 10.6 Å². The number of hydrogen-bond donors (Lipinski definition) is 0. The predicted molar refractivity (Wildman–Crippen MR) is 77.3 cm³/mol. The third-order valence-electron chi connectivity index (χ3n) is 2.90. The van der Waals surface area contributed by atoms with E-state index >= 15 is 0 Å². The van der Waals surface area contributed by atoms with Crippen LogP contribution in [0.3, 0.4) is 0 Å². The molecule has 0 bridgehead atoms. The molecule has 0 aromatic heterocycles. The third-order valence-corrected chi connectivity index (χ3v) is 5.64. The van der Waals surface area contributed by atoms with Crippen molar-refractivity contribution in [3.05, 3.63) is 54.6 Å². The molecule has 1 atom stereocenters. The fourth-order valence-electron chi connectivity index (χ4n) is 1.78. The van der Waals surface area contributed by atoms with E-state index in [0.29, 0.717) is 0 Å². The molecule has 0 amide bonds. The molecule has 0 heterocycles. The summed E-state index contributed by atoms with van der Waals surface area (Å²) >= 11 is 0. The Bertz CT molecular complexity index is 479. The van der Waals surface area contributed by atoms with Gasteiger partial charge >= 0.3 is 7.57 Å². The molecule has 1 nitrogen and oxygen atoms in total. The van der Waals surface area contributed by atoms with Crippen LogP contribution in [0.5, 0.6) is 5.75 Å². The van der Waals surface area contributed by atoms with Crippen molar-refractivity contribution in [2.24, 2.45) is 0 Å². The van der Waals surface area contributed by atoms with Crippen LogP contribution >= 0.6 is 7.14 Å². The molecule has 0 aliphatic heterocycles. The second-order valence-electron chi connectivity index (χ2n) is 4.11. The van der Waals surface area contributed by atoms with E-state index < -0.39 is 7.14 Å². The summed E-state index contributed by atoms with van der Waals surface area (Å²) in [5.74, 6) is 0.863. The normalized spacial score (nSPS) is 14.0. The van der Waals surface area contributed by atoms with Gasteiger partial charge in [0.05, 0.1) is 17.7 Å². The molecule has 0 aliphatic carbocycles. The van der Waals surface area contributed by atoms with Crippen LogP contribution in [-0.4, -0.2) is 21.3 Å². The van der Waals surface area contributed by atoms with Gasteiger partial charge in [0.1, 0.15) is 5.75 Å². The summed E-state index contributed by atoms with van der Waals surface area (Å²) in [5, 5.41) is 2.40. The highest BCUT2D eigenvalue weighted by atomic mass is 31.2. The van der Waals surface area contributed by atoms with Crippen LogP contribution < -0.4 is 15.3 Å². The van der Waals surface area contributed by atoms with Crippen molar-refractivity contribution in [3.63, 3.8) is 0 Å². The van der Waals surface area contributed by atoms with E-state index in [4.69, 9.17) is 12.3 Å². The van der Waals surface area contributed by atoms with Crippen LogP contribution in [-0.2, 0) is 0 Å². The van der Waals surface area contributed by atoms with Gasteiger partial charge in [-0.2, -0.15) is 0 Å². The summed E-state index contributed by atoms with van der Waals surface area (Å²) in [6.45, 7) is 2.13. The topological polar surface area (TPSA) is 9.23 Å². The molecule has 2 aromatic rings. The van der Waals surface area contributed by atoms with E-state index in [2.05, 4.69) is 30.9 Å². The SMILES string of the molecule is [B][P+](C)(c1ccccc1)c1ccc(OC)cc1. The molecule has 0 N–H and O–H groups in total. The Morgan fingerprint density at radius 1 is 0.882 bits per heavy atom. The van der Waals surface area contributed by atoms with Gasteiger partial charge in [0, 0.05) is 13.8 Å². The molecular weight excluding hydrogens is 226 g/mol. The predicted octanol–water partition coefficient (Wildman–Crippen LogP) is 2.38. The van der Waals surface area contributed by atoms with Gasteiger partial charge in [-0.1, -0.05) is 18.2 Å². The molecule has 2 rings (SSSR count). The zero-order valence-corrected chi connectivity index (χ0v) is 11.0. The van der Waals surface area contributed by atoms with Crippen molar-refractivity contribution in [3.8, 4) is 5.75 Å². The number of methoxy groups -OCH3 is 1. The molecule has 3 heteroatoms. The summed E-state index contributed by atoms with van der Waals surface area (Å²) in [4.78, 5) is 0. The lowest BCUT2D eigenvalue weighted by Crippen LogP contribution is -2.21. The lowest BCUT2D eigenvalue weighted by atomic mass is 10.3. The maximum atomic E-state index is 6.52. The summed E-state index contributed by atoms with van der Waals surface area (Å²) in [6, 6.07) is 18.3. The lowest BCUT2D eigenvalue weighted by Gasteiger charge is -2.18. The fraction of sp³-hybridized carbons (Fsp3) is 0.143. The highest BCUT2D eigenvalue weighted by Crippen LogP contribution is 2.47. The van der Waals surface area contributed by atoms with Crippen LogP contribution in [0.2, 0.25) is 0 Å². The van der Waals surface area contributed by atoms with Gasteiger partial charge in [-0.05, 0) is 36.4 Å². The summed E-state index contributed by atoms with van der Waals surface area (Å²) in [6.07, 6.45) is 0. The first-order chi connectivity index (χ1) is 8.14.